The van der Waals surface area contributed by atoms with Gasteiger partial charge in [0.1, 0.15) is 6.61 Å². The van der Waals surface area contributed by atoms with E-state index in [1.807, 2.05) is 36.6 Å². The molecule has 1 aliphatic rings. The number of piperidine rings is 1. The van der Waals surface area contributed by atoms with Gasteiger partial charge in [0.15, 0.2) is 5.13 Å². The number of hydrogen-bond acceptors (Lipinski definition) is 6. The lowest BCUT2D eigenvalue weighted by molar-refractivity contribution is -0.152. The van der Waals surface area contributed by atoms with Gasteiger partial charge in [-0.25, -0.2) is 4.98 Å². The number of amides is 2. The normalized spacial score (nSPS) is 14.4. The average molecular weight is 430 g/mol. The first-order chi connectivity index (χ1) is 14.4. The number of rotatable bonds is 6. The third-order valence-corrected chi connectivity index (χ3v) is 6.17. The molecule has 0 radical (unpaired) electrons. The maximum atomic E-state index is 12.4. The van der Waals surface area contributed by atoms with E-state index >= 15 is 0 Å². The second-order valence-electron chi connectivity index (χ2n) is 7.35. The fourth-order valence-corrected chi connectivity index (χ4v) is 4.46. The summed E-state index contributed by atoms with van der Waals surface area (Å²) in [5, 5.41) is 2.37. The van der Waals surface area contributed by atoms with Gasteiger partial charge in [0.05, 0.1) is 17.3 Å². The van der Waals surface area contributed by atoms with Crippen molar-refractivity contribution in [2.45, 2.75) is 46.6 Å². The molecule has 0 N–H and O–H groups in total. The summed E-state index contributed by atoms with van der Waals surface area (Å²) in [6, 6.07) is 7.76. The van der Waals surface area contributed by atoms with Gasteiger partial charge >= 0.3 is 5.97 Å². The molecule has 7 nitrogen and oxygen atoms in total. The van der Waals surface area contributed by atoms with Crippen LogP contribution in [-0.4, -0.2) is 40.8 Å². The van der Waals surface area contributed by atoms with Crippen LogP contribution in [0.15, 0.2) is 29.6 Å². The van der Waals surface area contributed by atoms with Crippen molar-refractivity contribution in [1.82, 2.24) is 9.88 Å². The fourth-order valence-electron chi connectivity index (χ4n) is 3.59. The Labute approximate surface area is 180 Å². The van der Waals surface area contributed by atoms with E-state index < -0.39 is 0 Å². The summed E-state index contributed by atoms with van der Waals surface area (Å²) in [7, 11) is 0. The molecule has 1 aromatic heterocycles. The highest BCUT2D eigenvalue weighted by molar-refractivity contribution is 7.14. The van der Waals surface area contributed by atoms with Gasteiger partial charge in [0.25, 0.3) is 0 Å². The predicted molar refractivity (Wildman–Crippen MR) is 116 cm³/mol. The minimum absolute atomic E-state index is 0.0384. The lowest BCUT2D eigenvalue weighted by Gasteiger charge is -2.29. The Morgan fingerprint density at radius 2 is 1.90 bits per heavy atom. The highest BCUT2D eigenvalue weighted by Crippen LogP contribution is 2.32. The number of benzene rings is 1. The second-order valence-corrected chi connectivity index (χ2v) is 8.18. The zero-order chi connectivity index (χ0) is 21.7. The SMILES string of the molecule is CCc1ccccc1N(C(C)=O)c1nc(COC(=O)C2CCN(C(C)=O)CC2)cs1. The van der Waals surface area contributed by atoms with Crippen LogP contribution in [0.25, 0.3) is 0 Å². The van der Waals surface area contributed by atoms with Crippen molar-refractivity contribution in [3.8, 4) is 0 Å². The molecule has 0 saturated carbocycles. The van der Waals surface area contributed by atoms with E-state index in [2.05, 4.69) is 4.98 Å². The number of likely N-dealkylation sites (tertiary alicyclic amines) is 1. The van der Waals surface area contributed by atoms with Gasteiger partial charge < -0.3 is 9.64 Å². The summed E-state index contributed by atoms with van der Waals surface area (Å²) < 4.78 is 5.47. The first kappa shape index (κ1) is 22.0. The molecular weight excluding hydrogens is 402 g/mol. The van der Waals surface area contributed by atoms with Crippen LogP contribution in [0.2, 0.25) is 0 Å². The molecule has 3 rings (SSSR count). The maximum absolute atomic E-state index is 12.4. The number of nitrogens with zero attached hydrogens (tertiary/aromatic N) is 3. The molecule has 1 fully saturated rings. The highest BCUT2D eigenvalue weighted by atomic mass is 32.1. The van der Waals surface area contributed by atoms with E-state index in [9.17, 15) is 14.4 Å². The Morgan fingerprint density at radius 1 is 1.20 bits per heavy atom. The monoisotopic (exact) mass is 429 g/mol. The molecule has 1 aromatic carbocycles. The zero-order valence-electron chi connectivity index (χ0n) is 17.6. The summed E-state index contributed by atoms with van der Waals surface area (Å²) in [5.74, 6) is -0.529. The number of carbonyl (C=O) groups excluding carboxylic acids is 3. The molecule has 2 aromatic rings. The number of carbonyl (C=O) groups is 3. The summed E-state index contributed by atoms with van der Waals surface area (Å²) in [6.07, 6.45) is 2.04. The first-order valence-electron chi connectivity index (χ1n) is 10.2. The van der Waals surface area contributed by atoms with Crippen LogP contribution < -0.4 is 4.90 Å². The number of aromatic nitrogens is 1. The number of hydrogen-bond donors (Lipinski definition) is 0. The van der Waals surface area contributed by atoms with Gasteiger partial charge in [0, 0.05) is 32.3 Å². The lowest BCUT2D eigenvalue weighted by atomic mass is 9.97. The first-order valence-corrected chi connectivity index (χ1v) is 11.0. The molecule has 8 heteroatoms. The van der Waals surface area contributed by atoms with E-state index in [1.165, 1.54) is 18.3 Å². The average Bonchev–Trinajstić information content (AvgIpc) is 3.20. The Kier molecular flexibility index (Phi) is 7.20. The number of ether oxygens (including phenoxy) is 1. The number of thiazole rings is 1. The lowest BCUT2D eigenvalue weighted by Crippen LogP contribution is -2.39. The summed E-state index contributed by atoms with van der Waals surface area (Å²) in [6.45, 7) is 6.34. The van der Waals surface area contributed by atoms with Crippen LogP contribution in [-0.2, 0) is 32.1 Å². The standard InChI is InChI=1S/C22H27N3O4S/c1-4-17-7-5-6-8-20(17)25(16(3)27)22-23-19(14-30-22)13-29-21(28)18-9-11-24(12-10-18)15(2)26/h5-8,14,18H,4,9-13H2,1-3H3. The molecule has 2 heterocycles. The number of para-hydroxylation sites is 1. The molecule has 2 amide bonds. The Morgan fingerprint density at radius 3 is 2.53 bits per heavy atom. The Bertz CT molecular complexity index is 919. The Hall–Kier alpha value is -2.74. The molecule has 1 saturated heterocycles. The smallest absolute Gasteiger partial charge is 0.309 e. The van der Waals surface area contributed by atoms with E-state index in [0.717, 1.165) is 17.7 Å². The largest absolute Gasteiger partial charge is 0.459 e. The quantitative estimate of drug-likeness (QED) is 0.654. The van der Waals surface area contributed by atoms with Crippen molar-refractivity contribution in [3.63, 3.8) is 0 Å². The van der Waals surface area contributed by atoms with Crippen LogP contribution in [0.4, 0.5) is 10.8 Å². The summed E-state index contributed by atoms with van der Waals surface area (Å²) in [5.41, 5.74) is 2.50. The van der Waals surface area contributed by atoms with Crippen LogP contribution in [0.3, 0.4) is 0 Å². The molecule has 0 unspecified atom stereocenters. The van der Waals surface area contributed by atoms with Gasteiger partial charge in [-0.05, 0) is 30.9 Å². The van der Waals surface area contributed by atoms with Crippen molar-refractivity contribution < 1.29 is 19.1 Å². The van der Waals surface area contributed by atoms with Crippen LogP contribution >= 0.6 is 11.3 Å². The third kappa shape index (κ3) is 5.05. The van der Waals surface area contributed by atoms with E-state index in [0.29, 0.717) is 36.8 Å². The maximum Gasteiger partial charge on any atom is 0.309 e. The number of aryl methyl sites for hydroxylation is 1. The van der Waals surface area contributed by atoms with Crippen LogP contribution in [0.1, 0.15) is 44.9 Å². The highest BCUT2D eigenvalue weighted by Gasteiger charge is 2.27. The van der Waals surface area contributed by atoms with Crippen molar-refractivity contribution in [2.75, 3.05) is 18.0 Å². The van der Waals surface area contributed by atoms with Gasteiger partial charge in [-0.15, -0.1) is 11.3 Å². The third-order valence-electron chi connectivity index (χ3n) is 5.30. The van der Waals surface area contributed by atoms with Crippen LogP contribution in [0.5, 0.6) is 0 Å². The minimum Gasteiger partial charge on any atom is -0.459 e. The number of esters is 1. The van der Waals surface area contributed by atoms with Gasteiger partial charge in [-0.2, -0.15) is 0 Å². The van der Waals surface area contributed by atoms with Crippen molar-refractivity contribution >= 4 is 39.9 Å². The van der Waals surface area contributed by atoms with Crippen molar-refractivity contribution in [1.29, 1.82) is 0 Å². The Balaban J connectivity index is 1.63. The predicted octanol–water partition coefficient (Wildman–Crippen LogP) is 3.69. The molecule has 0 spiro atoms. The topological polar surface area (TPSA) is 79.8 Å². The fraction of sp³-hybridized carbons (Fsp3) is 0.455. The van der Waals surface area contributed by atoms with Crippen LogP contribution in [0, 0.1) is 5.92 Å². The molecule has 160 valence electrons. The minimum atomic E-state index is -0.257. The van der Waals surface area contributed by atoms with Crippen molar-refractivity contribution in [2.24, 2.45) is 5.92 Å². The van der Waals surface area contributed by atoms with Gasteiger partial charge in [-0.3, -0.25) is 19.3 Å². The summed E-state index contributed by atoms with van der Waals surface area (Å²) in [4.78, 5) is 44.0. The molecule has 1 aliphatic heterocycles. The second kappa shape index (κ2) is 9.84. The number of anilines is 2. The van der Waals surface area contributed by atoms with E-state index in [4.69, 9.17) is 4.74 Å². The van der Waals surface area contributed by atoms with Gasteiger partial charge in [0.2, 0.25) is 11.8 Å². The molecule has 0 bridgehead atoms. The molecule has 0 atom stereocenters. The zero-order valence-corrected chi connectivity index (χ0v) is 18.4. The van der Waals surface area contributed by atoms with E-state index in [-0.39, 0.29) is 30.3 Å². The van der Waals surface area contributed by atoms with E-state index in [1.54, 1.807) is 16.7 Å². The molecule has 30 heavy (non-hydrogen) atoms. The molecule has 0 aliphatic carbocycles. The summed E-state index contributed by atoms with van der Waals surface area (Å²) >= 11 is 1.35. The van der Waals surface area contributed by atoms with Crippen molar-refractivity contribution in [3.05, 3.63) is 40.9 Å². The molecular formula is C22H27N3O4S. The van der Waals surface area contributed by atoms with Gasteiger partial charge in [-0.1, -0.05) is 25.1 Å².